The monoisotopic (exact) mass is 292 g/mol. The van der Waals surface area contributed by atoms with Gasteiger partial charge >= 0.3 is 0 Å². The maximum atomic E-state index is 6.09. The zero-order chi connectivity index (χ0) is 14.2. The molecule has 0 aliphatic rings. The minimum absolute atomic E-state index is 0.561. The zero-order valence-electron chi connectivity index (χ0n) is 11.3. The molecule has 1 aromatic heterocycles. The van der Waals surface area contributed by atoms with Crippen LogP contribution < -0.4 is 10.1 Å². The molecule has 0 fully saturated rings. The van der Waals surface area contributed by atoms with E-state index in [0.717, 1.165) is 12.1 Å². The zero-order valence-corrected chi connectivity index (χ0v) is 12.1. The Labute approximate surface area is 123 Å². The molecule has 20 heavy (non-hydrogen) atoms. The van der Waals surface area contributed by atoms with E-state index in [1.165, 1.54) is 0 Å². The highest BCUT2D eigenvalue weighted by Crippen LogP contribution is 2.29. The van der Waals surface area contributed by atoms with Crippen molar-refractivity contribution in [1.29, 1.82) is 0 Å². The normalized spacial score (nSPS) is 10.5. The molecule has 0 bridgehead atoms. The van der Waals surface area contributed by atoms with Crippen LogP contribution in [0.2, 0.25) is 5.02 Å². The molecule has 0 saturated heterocycles. The van der Waals surface area contributed by atoms with E-state index in [2.05, 4.69) is 10.3 Å². The van der Waals surface area contributed by atoms with Crippen molar-refractivity contribution in [2.75, 3.05) is 20.3 Å². The van der Waals surface area contributed by atoms with E-state index in [4.69, 9.17) is 21.1 Å². The average molecular weight is 293 g/mol. The number of benzene rings is 1. The van der Waals surface area contributed by atoms with Gasteiger partial charge in [-0.05, 0) is 18.2 Å². The predicted octanol–water partition coefficient (Wildman–Crippen LogP) is 3.26. The summed E-state index contributed by atoms with van der Waals surface area (Å²) in [6, 6.07) is 11.2. The van der Waals surface area contributed by atoms with Crippen LogP contribution in [0, 0.1) is 0 Å². The van der Waals surface area contributed by atoms with Crippen LogP contribution in [0.4, 0.5) is 0 Å². The maximum Gasteiger partial charge on any atom is 0.223 e. The van der Waals surface area contributed by atoms with Crippen LogP contribution in [-0.4, -0.2) is 25.2 Å². The van der Waals surface area contributed by atoms with Gasteiger partial charge in [0.2, 0.25) is 5.88 Å². The molecule has 1 N–H and O–H groups in total. The van der Waals surface area contributed by atoms with Gasteiger partial charge in [0.05, 0.1) is 11.6 Å². The molecule has 0 saturated carbocycles. The number of rotatable bonds is 7. The first-order chi connectivity index (χ1) is 9.81. The number of hydrogen-bond acceptors (Lipinski definition) is 4. The first-order valence-electron chi connectivity index (χ1n) is 6.37. The molecule has 4 nitrogen and oxygen atoms in total. The molecule has 0 amide bonds. The predicted molar refractivity (Wildman–Crippen MR) is 79.3 cm³/mol. The molecule has 5 heteroatoms. The molecule has 2 aromatic rings. The van der Waals surface area contributed by atoms with Crippen LogP contribution in [0.25, 0.3) is 0 Å². The van der Waals surface area contributed by atoms with E-state index >= 15 is 0 Å². The van der Waals surface area contributed by atoms with Crippen LogP contribution in [0.15, 0.2) is 42.6 Å². The molecule has 0 atom stereocenters. The summed E-state index contributed by atoms with van der Waals surface area (Å²) in [5, 5.41) is 3.83. The first-order valence-corrected chi connectivity index (χ1v) is 6.75. The van der Waals surface area contributed by atoms with Gasteiger partial charge in [0.25, 0.3) is 0 Å². The number of pyridine rings is 1. The van der Waals surface area contributed by atoms with Gasteiger partial charge in [0, 0.05) is 32.0 Å². The van der Waals surface area contributed by atoms with E-state index in [-0.39, 0.29) is 0 Å². The molecule has 106 valence electrons. The Morgan fingerprint density at radius 2 is 2.05 bits per heavy atom. The van der Waals surface area contributed by atoms with Crippen molar-refractivity contribution in [2.24, 2.45) is 0 Å². The lowest BCUT2D eigenvalue weighted by molar-refractivity contribution is 0.199. The van der Waals surface area contributed by atoms with E-state index in [9.17, 15) is 0 Å². The van der Waals surface area contributed by atoms with Crippen LogP contribution in [0.1, 0.15) is 5.56 Å². The number of para-hydroxylation sites is 1. The highest BCUT2D eigenvalue weighted by atomic mass is 35.5. The van der Waals surface area contributed by atoms with Gasteiger partial charge in [-0.2, -0.15) is 0 Å². The molecular weight excluding hydrogens is 276 g/mol. The van der Waals surface area contributed by atoms with Crippen LogP contribution >= 0.6 is 11.6 Å². The lowest BCUT2D eigenvalue weighted by Gasteiger charge is -2.11. The number of nitrogens with zero attached hydrogens (tertiary/aromatic N) is 1. The standard InChI is InChI=1S/C15H17ClN2O2/c1-19-10-9-17-11-12-5-4-8-18-15(12)20-14-7-3-2-6-13(14)16/h2-8,17H,9-11H2,1H3. The summed E-state index contributed by atoms with van der Waals surface area (Å²) in [6.45, 7) is 2.11. The van der Waals surface area contributed by atoms with Crippen molar-refractivity contribution in [1.82, 2.24) is 10.3 Å². The third-order valence-corrected chi connectivity index (χ3v) is 3.00. The van der Waals surface area contributed by atoms with E-state index in [1.54, 1.807) is 19.4 Å². The van der Waals surface area contributed by atoms with Gasteiger partial charge in [-0.3, -0.25) is 0 Å². The number of methoxy groups -OCH3 is 1. The Balaban J connectivity index is 2.06. The molecule has 2 rings (SSSR count). The molecular formula is C15H17ClN2O2. The number of ether oxygens (including phenoxy) is 2. The smallest absolute Gasteiger partial charge is 0.223 e. The SMILES string of the molecule is COCCNCc1cccnc1Oc1ccccc1Cl. The fourth-order valence-electron chi connectivity index (χ4n) is 1.68. The van der Waals surface area contributed by atoms with Crippen molar-refractivity contribution in [3.05, 3.63) is 53.2 Å². The van der Waals surface area contributed by atoms with E-state index < -0.39 is 0 Å². The summed E-state index contributed by atoms with van der Waals surface area (Å²) in [6.07, 6.45) is 1.70. The summed E-state index contributed by atoms with van der Waals surface area (Å²) in [7, 11) is 1.68. The van der Waals surface area contributed by atoms with Crippen LogP contribution in [0.3, 0.4) is 0 Å². The quantitative estimate of drug-likeness (QED) is 0.796. The maximum absolute atomic E-state index is 6.09. The fourth-order valence-corrected chi connectivity index (χ4v) is 1.85. The Morgan fingerprint density at radius 1 is 1.20 bits per heavy atom. The van der Waals surface area contributed by atoms with Gasteiger partial charge in [0.15, 0.2) is 0 Å². The van der Waals surface area contributed by atoms with Crippen molar-refractivity contribution < 1.29 is 9.47 Å². The Morgan fingerprint density at radius 3 is 2.85 bits per heavy atom. The molecule has 0 aliphatic heterocycles. The topological polar surface area (TPSA) is 43.4 Å². The molecule has 0 spiro atoms. The minimum atomic E-state index is 0.561. The van der Waals surface area contributed by atoms with Gasteiger partial charge in [-0.15, -0.1) is 0 Å². The van der Waals surface area contributed by atoms with Gasteiger partial charge in [-0.1, -0.05) is 29.8 Å². The van der Waals surface area contributed by atoms with E-state index in [1.807, 2.05) is 30.3 Å². The first kappa shape index (κ1) is 14.8. The van der Waals surface area contributed by atoms with Gasteiger partial charge in [-0.25, -0.2) is 4.98 Å². The summed E-state index contributed by atoms with van der Waals surface area (Å²) in [4.78, 5) is 4.26. The van der Waals surface area contributed by atoms with Crippen molar-refractivity contribution in [3.8, 4) is 11.6 Å². The second kappa shape index (κ2) is 7.85. The Kier molecular flexibility index (Phi) is 5.80. The second-order valence-electron chi connectivity index (χ2n) is 4.17. The molecule has 0 radical (unpaired) electrons. The highest BCUT2D eigenvalue weighted by Gasteiger charge is 2.07. The highest BCUT2D eigenvalue weighted by molar-refractivity contribution is 6.32. The number of aromatic nitrogens is 1. The summed E-state index contributed by atoms with van der Waals surface area (Å²) in [5.74, 6) is 1.16. The average Bonchev–Trinajstić information content (AvgIpc) is 2.47. The number of hydrogen-bond donors (Lipinski definition) is 1. The lowest BCUT2D eigenvalue weighted by Crippen LogP contribution is -2.19. The minimum Gasteiger partial charge on any atom is -0.437 e. The van der Waals surface area contributed by atoms with Gasteiger partial charge in [0.1, 0.15) is 5.75 Å². The van der Waals surface area contributed by atoms with E-state index in [0.29, 0.717) is 29.8 Å². The summed E-state index contributed by atoms with van der Waals surface area (Å²) in [5.41, 5.74) is 0.975. The number of halogens is 1. The fraction of sp³-hybridized carbons (Fsp3) is 0.267. The third-order valence-electron chi connectivity index (χ3n) is 2.69. The number of nitrogens with one attached hydrogen (secondary N) is 1. The molecule has 0 unspecified atom stereocenters. The van der Waals surface area contributed by atoms with Crippen molar-refractivity contribution >= 4 is 11.6 Å². The van der Waals surface area contributed by atoms with Crippen LogP contribution in [-0.2, 0) is 11.3 Å². The molecule has 0 aliphatic carbocycles. The summed E-state index contributed by atoms with van der Waals surface area (Å²) >= 11 is 6.09. The van der Waals surface area contributed by atoms with Crippen molar-refractivity contribution in [3.63, 3.8) is 0 Å². The van der Waals surface area contributed by atoms with Crippen LogP contribution in [0.5, 0.6) is 11.6 Å². The second-order valence-corrected chi connectivity index (χ2v) is 4.58. The Hall–Kier alpha value is -1.62. The summed E-state index contributed by atoms with van der Waals surface area (Å²) < 4.78 is 10.8. The van der Waals surface area contributed by atoms with Gasteiger partial charge < -0.3 is 14.8 Å². The molecule has 1 heterocycles. The largest absolute Gasteiger partial charge is 0.437 e. The third kappa shape index (κ3) is 4.20. The lowest BCUT2D eigenvalue weighted by atomic mass is 10.2. The molecule has 1 aromatic carbocycles. The van der Waals surface area contributed by atoms with Crippen molar-refractivity contribution in [2.45, 2.75) is 6.54 Å². The Bertz CT molecular complexity index is 549.